The Morgan fingerprint density at radius 1 is 1.19 bits per heavy atom. The van der Waals surface area contributed by atoms with Gasteiger partial charge in [-0.15, -0.1) is 0 Å². The lowest BCUT2D eigenvalue weighted by Crippen LogP contribution is -2.26. The summed E-state index contributed by atoms with van der Waals surface area (Å²) >= 11 is 0. The Balaban J connectivity index is 2.78. The topological polar surface area (TPSA) is 61.8 Å². The first-order valence-electron chi connectivity index (χ1n) is 7.92. The Hall–Kier alpha value is -1.55. The second kappa shape index (κ2) is 9.40. The molecule has 0 fully saturated rings. The van der Waals surface area contributed by atoms with Gasteiger partial charge in [-0.1, -0.05) is 44.0 Å². The van der Waals surface area contributed by atoms with Crippen LogP contribution in [0.2, 0.25) is 0 Å². The fourth-order valence-electron chi connectivity index (χ4n) is 2.36. The molecule has 0 heterocycles. The molecule has 0 aliphatic rings. The summed E-state index contributed by atoms with van der Waals surface area (Å²) in [6, 6.07) is 6.00. The number of hydrogen-bond donors (Lipinski definition) is 2. The van der Waals surface area contributed by atoms with Crippen LogP contribution < -0.4 is 5.73 Å². The van der Waals surface area contributed by atoms with Crippen LogP contribution in [0.25, 0.3) is 0 Å². The van der Waals surface area contributed by atoms with Crippen LogP contribution in [0.3, 0.4) is 0 Å². The molecule has 0 unspecified atom stereocenters. The molecule has 0 spiro atoms. The van der Waals surface area contributed by atoms with Gasteiger partial charge in [-0.05, 0) is 50.0 Å². The van der Waals surface area contributed by atoms with Crippen LogP contribution in [0.15, 0.2) is 23.4 Å². The largest absolute Gasteiger partial charge is 0.409 e. The van der Waals surface area contributed by atoms with Crippen LogP contribution in [0, 0.1) is 6.92 Å². The molecule has 0 aliphatic carbocycles. The van der Waals surface area contributed by atoms with Crippen molar-refractivity contribution < 1.29 is 5.21 Å². The van der Waals surface area contributed by atoms with Crippen LogP contribution in [0.5, 0.6) is 0 Å². The fourth-order valence-corrected chi connectivity index (χ4v) is 2.36. The number of aryl methyl sites for hydroxylation is 1. The lowest BCUT2D eigenvalue weighted by Gasteiger charge is -2.23. The standard InChI is InChI=1S/C17H29N3O/c1-4-6-10-20(11-7-5-2)13-16-9-8-15(12-14(16)3)17(18)19-21/h8-9,12,21H,4-7,10-11,13H2,1-3H3,(H2,18,19). The van der Waals surface area contributed by atoms with Crippen molar-refractivity contribution in [3.05, 3.63) is 34.9 Å². The zero-order valence-electron chi connectivity index (χ0n) is 13.6. The summed E-state index contributed by atoms with van der Waals surface area (Å²) in [4.78, 5) is 2.53. The lowest BCUT2D eigenvalue weighted by molar-refractivity contribution is 0.256. The number of oxime groups is 1. The molecule has 0 aliphatic heterocycles. The van der Waals surface area contributed by atoms with Crippen LogP contribution in [-0.2, 0) is 6.54 Å². The predicted molar refractivity (Wildman–Crippen MR) is 88.8 cm³/mol. The van der Waals surface area contributed by atoms with Gasteiger partial charge in [0.2, 0.25) is 0 Å². The van der Waals surface area contributed by atoms with E-state index in [0.717, 1.165) is 25.2 Å². The van der Waals surface area contributed by atoms with Crippen LogP contribution in [0.4, 0.5) is 0 Å². The highest BCUT2D eigenvalue weighted by atomic mass is 16.4. The quantitative estimate of drug-likeness (QED) is 0.317. The molecule has 4 nitrogen and oxygen atoms in total. The lowest BCUT2D eigenvalue weighted by atomic mass is 10.0. The van der Waals surface area contributed by atoms with Crippen molar-refractivity contribution in [3.63, 3.8) is 0 Å². The second-order valence-electron chi connectivity index (χ2n) is 5.61. The van der Waals surface area contributed by atoms with Crippen molar-refractivity contribution in [2.45, 2.75) is 53.0 Å². The molecule has 21 heavy (non-hydrogen) atoms. The van der Waals surface area contributed by atoms with E-state index in [4.69, 9.17) is 10.9 Å². The van der Waals surface area contributed by atoms with Crippen LogP contribution >= 0.6 is 0 Å². The minimum absolute atomic E-state index is 0.165. The highest BCUT2D eigenvalue weighted by molar-refractivity contribution is 5.97. The Bertz CT molecular complexity index is 449. The third-order valence-corrected chi connectivity index (χ3v) is 3.80. The van der Waals surface area contributed by atoms with Crippen molar-refractivity contribution in [2.75, 3.05) is 13.1 Å². The fraction of sp³-hybridized carbons (Fsp3) is 0.588. The third kappa shape index (κ3) is 5.76. The SMILES string of the molecule is CCCCN(CCCC)Cc1ccc(/C(N)=N/O)cc1C. The number of rotatable bonds is 9. The highest BCUT2D eigenvalue weighted by Gasteiger charge is 2.09. The monoisotopic (exact) mass is 291 g/mol. The molecule has 3 N–H and O–H groups in total. The van der Waals surface area contributed by atoms with Crippen molar-refractivity contribution in [1.82, 2.24) is 4.90 Å². The van der Waals surface area contributed by atoms with Crippen LogP contribution in [0.1, 0.15) is 56.2 Å². The van der Waals surface area contributed by atoms with E-state index < -0.39 is 0 Å². The average molecular weight is 291 g/mol. The number of nitrogens with zero attached hydrogens (tertiary/aromatic N) is 2. The summed E-state index contributed by atoms with van der Waals surface area (Å²) in [6.45, 7) is 9.82. The molecule has 0 amide bonds. The van der Waals surface area contributed by atoms with Gasteiger partial charge in [0.1, 0.15) is 0 Å². The Morgan fingerprint density at radius 2 is 1.81 bits per heavy atom. The number of benzene rings is 1. The van der Waals surface area contributed by atoms with E-state index in [2.05, 4.69) is 36.9 Å². The van der Waals surface area contributed by atoms with Crippen molar-refractivity contribution in [3.8, 4) is 0 Å². The molecule has 1 aromatic carbocycles. The maximum Gasteiger partial charge on any atom is 0.170 e. The Kier molecular flexibility index (Phi) is 7.83. The molecular weight excluding hydrogens is 262 g/mol. The van der Waals surface area contributed by atoms with Gasteiger partial charge in [-0.25, -0.2) is 0 Å². The first-order chi connectivity index (χ1) is 10.1. The first-order valence-corrected chi connectivity index (χ1v) is 7.92. The number of unbranched alkanes of at least 4 members (excludes halogenated alkanes) is 2. The first kappa shape index (κ1) is 17.5. The van der Waals surface area contributed by atoms with E-state index in [9.17, 15) is 0 Å². The minimum Gasteiger partial charge on any atom is -0.409 e. The second-order valence-corrected chi connectivity index (χ2v) is 5.61. The summed E-state index contributed by atoms with van der Waals surface area (Å²) in [6.07, 6.45) is 4.93. The maximum absolute atomic E-state index is 8.74. The van der Waals surface area contributed by atoms with Crippen LogP contribution in [-0.4, -0.2) is 29.0 Å². The van der Waals surface area contributed by atoms with Gasteiger partial charge in [-0.2, -0.15) is 0 Å². The molecule has 1 aromatic rings. The zero-order chi connectivity index (χ0) is 15.7. The smallest absolute Gasteiger partial charge is 0.170 e. The summed E-state index contributed by atoms with van der Waals surface area (Å²) in [7, 11) is 0. The van der Waals surface area contributed by atoms with E-state index >= 15 is 0 Å². The molecule has 118 valence electrons. The van der Waals surface area contributed by atoms with Crippen molar-refractivity contribution in [2.24, 2.45) is 10.9 Å². The summed E-state index contributed by atoms with van der Waals surface area (Å²) in [5, 5.41) is 11.8. The number of nitrogens with two attached hydrogens (primary N) is 1. The normalized spacial score (nSPS) is 12.1. The number of amidine groups is 1. The van der Waals surface area contributed by atoms with Gasteiger partial charge in [0.05, 0.1) is 0 Å². The molecule has 0 aromatic heterocycles. The molecular formula is C17H29N3O. The minimum atomic E-state index is 0.165. The maximum atomic E-state index is 8.74. The van der Waals surface area contributed by atoms with Crippen molar-refractivity contribution in [1.29, 1.82) is 0 Å². The molecule has 0 bridgehead atoms. The highest BCUT2D eigenvalue weighted by Crippen LogP contribution is 2.15. The molecule has 0 saturated heterocycles. The summed E-state index contributed by atoms with van der Waals surface area (Å²) in [5.41, 5.74) is 8.91. The predicted octanol–water partition coefficient (Wildman–Crippen LogP) is 3.49. The Labute approximate surface area is 128 Å². The average Bonchev–Trinajstić information content (AvgIpc) is 2.50. The molecule has 4 heteroatoms. The third-order valence-electron chi connectivity index (χ3n) is 3.80. The Morgan fingerprint density at radius 3 is 2.29 bits per heavy atom. The molecule has 1 rings (SSSR count). The number of hydrogen-bond acceptors (Lipinski definition) is 3. The van der Waals surface area contributed by atoms with Gasteiger partial charge in [0.25, 0.3) is 0 Å². The van der Waals surface area contributed by atoms with E-state index in [-0.39, 0.29) is 5.84 Å². The van der Waals surface area contributed by atoms with Gasteiger partial charge >= 0.3 is 0 Å². The van der Waals surface area contributed by atoms with E-state index in [0.29, 0.717) is 0 Å². The zero-order valence-corrected chi connectivity index (χ0v) is 13.6. The van der Waals surface area contributed by atoms with Gasteiger partial charge in [0, 0.05) is 12.1 Å². The van der Waals surface area contributed by atoms with Gasteiger partial charge in [0.15, 0.2) is 5.84 Å². The van der Waals surface area contributed by atoms with E-state index in [1.807, 2.05) is 12.1 Å². The van der Waals surface area contributed by atoms with Crippen molar-refractivity contribution >= 4 is 5.84 Å². The molecule has 0 atom stereocenters. The molecule has 0 radical (unpaired) electrons. The van der Waals surface area contributed by atoms with E-state index in [1.54, 1.807) is 0 Å². The van der Waals surface area contributed by atoms with Gasteiger partial charge in [-0.3, -0.25) is 4.90 Å². The summed E-state index contributed by atoms with van der Waals surface area (Å²) < 4.78 is 0. The van der Waals surface area contributed by atoms with Gasteiger partial charge < -0.3 is 10.9 Å². The van der Waals surface area contributed by atoms with E-state index in [1.165, 1.54) is 36.8 Å². The molecule has 0 saturated carbocycles. The summed E-state index contributed by atoms with van der Waals surface area (Å²) in [5.74, 6) is 0.165.